The Morgan fingerprint density at radius 1 is 1.23 bits per heavy atom. The van der Waals surface area contributed by atoms with Crippen molar-refractivity contribution in [1.82, 2.24) is 4.90 Å². The number of carbonyl (C=O) groups excluding carboxylic acids is 2. The molecular formula is C25H39NO5. The molecule has 1 aliphatic heterocycles. The predicted molar refractivity (Wildman–Crippen MR) is 121 cm³/mol. The maximum absolute atomic E-state index is 12.3. The van der Waals surface area contributed by atoms with Crippen molar-refractivity contribution in [3.8, 4) is 0 Å². The molecule has 2 atom stereocenters. The zero-order valence-electron chi connectivity index (χ0n) is 19.2. The maximum Gasteiger partial charge on any atom is 0.305 e. The van der Waals surface area contributed by atoms with Crippen LogP contribution in [0.3, 0.4) is 0 Å². The fourth-order valence-electron chi connectivity index (χ4n) is 4.31. The van der Waals surface area contributed by atoms with Crippen LogP contribution in [0, 0.1) is 0 Å². The van der Waals surface area contributed by atoms with Crippen LogP contribution in [0.2, 0.25) is 0 Å². The van der Waals surface area contributed by atoms with Crippen LogP contribution in [0.15, 0.2) is 24.3 Å². The summed E-state index contributed by atoms with van der Waals surface area (Å²) in [7, 11) is 1.68. The summed E-state index contributed by atoms with van der Waals surface area (Å²) in [4.78, 5) is 25.7. The summed E-state index contributed by atoms with van der Waals surface area (Å²) in [5.41, 5.74) is 2.23. The first-order valence-corrected chi connectivity index (χ1v) is 11.7. The Hall–Kier alpha value is -1.92. The van der Waals surface area contributed by atoms with Gasteiger partial charge in [0.05, 0.1) is 19.3 Å². The number of amides is 1. The first-order valence-electron chi connectivity index (χ1n) is 11.7. The molecule has 0 radical (unpaired) electrons. The Bertz CT molecular complexity index is 678. The van der Waals surface area contributed by atoms with Gasteiger partial charge in [-0.2, -0.15) is 0 Å². The highest BCUT2D eigenvalue weighted by atomic mass is 16.5. The summed E-state index contributed by atoms with van der Waals surface area (Å²) in [6.45, 7) is 3.61. The van der Waals surface area contributed by atoms with Crippen LogP contribution >= 0.6 is 0 Å². The molecule has 0 aromatic heterocycles. The van der Waals surface area contributed by atoms with E-state index in [4.69, 9.17) is 9.47 Å². The van der Waals surface area contributed by atoms with Gasteiger partial charge in [-0.15, -0.1) is 0 Å². The van der Waals surface area contributed by atoms with Crippen molar-refractivity contribution in [1.29, 1.82) is 0 Å². The van der Waals surface area contributed by atoms with Gasteiger partial charge in [0.1, 0.15) is 0 Å². The van der Waals surface area contributed by atoms with Crippen molar-refractivity contribution in [2.75, 3.05) is 20.3 Å². The number of likely N-dealkylation sites (tertiary alicyclic amines) is 1. The normalized spacial score (nSPS) is 17.2. The summed E-state index contributed by atoms with van der Waals surface area (Å²) in [5, 5.41) is 10.5. The Labute approximate surface area is 186 Å². The number of rotatable bonds is 15. The van der Waals surface area contributed by atoms with E-state index in [0.717, 1.165) is 56.2 Å². The van der Waals surface area contributed by atoms with Crippen LogP contribution < -0.4 is 0 Å². The number of ether oxygens (including phenoxy) is 2. The maximum atomic E-state index is 12.3. The second-order valence-electron chi connectivity index (χ2n) is 8.44. The van der Waals surface area contributed by atoms with E-state index in [2.05, 4.69) is 6.07 Å². The van der Waals surface area contributed by atoms with Crippen molar-refractivity contribution >= 4 is 11.9 Å². The van der Waals surface area contributed by atoms with E-state index in [0.29, 0.717) is 38.9 Å². The van der Waals surface area contributed by atoms with Crippen LogP contribution in [-0.4, -0.2) is 54.3 Å². The minimum absolute atomic E-state index is 0.124. The van der Waals surface area contributed by atoms with E-state index >= 15 is 0 Å². The summed E-state index contributed by atoms with van der Waals surface area (Å²) < 4.78 is 10.1. The lowest BCUT2D eigenvalue weighted by atomic mass is 9.99. The molecule has 0 bridgehead atoms. The summed E-state index contributed by atoms with van der Waals surface area (Å²) >= 11 is 0. The van der Waals surface area contributed by atoms with Crippen molar-refractivity contribution in [3.05, 3.63) is 35.4 Å². The van der Waals surface area contributed by atoms with Gasteiger partial charge in [-0.1, -0.05) is 37.1 Å². The highest BCUT2D eigenvalue weighted by Gasteiger charge is 2.30. The number of unbranched alkanes of at least 4 members (excludes halogenated alkanes) is 3. The molecule has 1 fully saturated rings. The summed E-state index contributed by atoms with van der Waals surface area (Å²) in [6, 6.07) is 8.38. The quantitative estimate of drug-likeness (QED) is 0.334. The van der Waals surface area contributed by atoms with Gasteiger partial charge in [0, 0.05) is 32.5 Å². The molecule has 174 valence electrons. The first kappa shape index (κ1) is 25.3. The number of benzene rings is 1. The Balaban J connectivity index is 1.67. The summed E-state index contributed by atoms with van der Waals surface area (Å²) in [6.07, 6.45) is 7.52. The lowest BCUT2D eigenvalue weighted by Crippen LogP contribution is -2.34. The Morgan fingerprint density at radius 2 is 2.00 bits per heavy atom. The van der Waals surface area contributed by atoms with E-state index in [1.54, 1.807) is 7.11 Å². The summed E-state index contributed by atoms with van der Waals surface area (Å²) in [5.74, 6) is 0.111. The molecule has 2 rings (SSSR count). The van der Waals surface area contributed by atoms with Crippen LogP contribution in [0.5, 0.6) is 0 Å². The smallest absolute Gasteiger partial charge is 0.305 e. The van der Waals surface area contributed by atoms with Gasteiger partial charge in [0.2, 0.25) is 5.91 Å². The molecule has 1 aromatic carbocycles. The lowest BCUT2D eigenvalue weighted by molar-refractivity contribution is -0.143. The largest absolute Gasteiger partial charge is 0.466 e. The number of esters is 1. The van der Waals surface area contributed by atoms with Gasteiger partial charge in [0.25, 0.3) is 0 Å². The predicted octanol–water partition coefficient (Wildman–Crippen LogP) is 4.02. The molecule has 1 aliphatic rings. The molecule has 1 unspecified atom stereocenters. The van der Waals surface area contributed by atoms with E-state index < -0.39 is 6.10 Å². The number of aliphatic hydroxyl groups excluding tert-OH is 1. The second kappa shape index (κ2) is 14.2. The van der Waals surface area contributed by atoms with Gasteiger partial charge in [0.15, 0.2) is 0 Å². The van der Waals surface area contributed by atoms with E-state index in [9.17, 15) is 14.7 Å². The van der Waals surface area contributed by atoms with Crippen LogP contribution in [0.1, 0.15) is 75.8 Å². The van der Waals surface area contributed by atoms with Crippen molar-refractivity contribution in [2.24, 2.45) is 0 Å². The minimum atomic E-state index is -0.404. The third kappa shape index (κ3) is 9.40. The van der Waals surface area contributed by atoms with Crippen LogP contribution in [0.25, 0.3) is 0 Å². The van der Waals surface area contributed by atoms with E-state index in [1.807, 2.05) is 30.0 Å². The second-order valence-corrected chi connectivity index (χ2v) is 8.44. The van der Waals surface area contributed by atoms with Crippen molar-refractivity contribution in [3.63, 3.8) is 0 Å². The highest BCUT2D eigenvalue weighted by Crippen LogP contribution is 2.24. The molecule has 6 nitrogen and oxygen atoms in total. The molecule has 1 N–H and O–H groups in total. The molecular weight excluding hydrogens is 394 g/mol. The zero-order valence-corrected chi connectivity index (χ0v) is 19.2. The third-order valence-corrected chi connectivity index (χ3v) is 5.89. The Morgan fingerprint density at radius 3 is 2.77 bits per heavy atom. The average Bonchev–Trinajstić information content (AvgIpc) is 3.09. The van der Waals surface area contributed by atoms with Gasteiger partial charge in [-0.05, 0) is 56.6 Å². The SMILES string of the molecule is CCOC(=O)CCCCCCN1C(=O)CC[C@@H]1CCC(O)Cc1cccc(COC)c1. The van der Waals surface area contributed by atoms with Crippen molar-refractivity contribution in [2.45, 2.75) is 89.9 Å². The molecule has 1 saturated heterocycles. The molecule has 6 heteroatoms. The van der Waals surface area contributed by atoms with Gasteiger partial charge >= 0.3 is 5.97 Å². The number of nitrogens with zero attached hydrogens (tertiary/aromatic N) is 1. The van der Waals surface area contributed by atoms with E-state index in [1.165, 1.54) is 0 Å². The monoisotopic (exact) mass is 433 g/mol. The Kier molecular flexibility index (Phi) is 11.6. The van der Waals surface area contributed by atoms with Crippen molar-refractivity contribution < 1.29 is 24.2 Å². The number of aliphatic hydroxyl groups is 1. The molecule has 1 aromatic rings. The number of hydrogen-bond acceptors (Lipinski definition) is 5. The van der Waals surface area contributed by atoms with Crippen LogP contribution in [-0.2, 0) is 32.1 Å². The zero-order chi connectivity index (χ0) is 22.5. The van der Waals surface area contributed by atoms with Gasteiger partial charge in [-0.3, -0.25) is 9.59 Å². The van der Waals surface area contributed by atoms with Gasteiger partial charge < -0.3 is 19.5 Å². The highest BCUT2D eigenvalue weighted by molar-refractivity contribution is 5.78. The number of methoxy groups -OCH3 is 1. The van der Waals surface area contributed by atoms with Gasteiger partial charge in [-0.25, -0.2) is 0 Å². The fourth-order valence-corrected chi connectivity index (χ4v) is 4.31. The fraction of sp³-hybridized carbons (Fsp3) is 0.680. The molecule has 1 amide bonds. The first-order chi connectivity index (χ1) is 15.0. The topological polar surface area (TPSA) is 76.1 Å². The molecule has 1 heterocycles. The third-order valence-electron chi connectivity index (χ3n) is 5.89. The lowest BCUT2D eigenvalue weighted by Gasteiger charge is -2.26. The minimum Gasteiger partial charge on any atom is -0.466 e. The molecule has 31 heavy (non-hydrogen) atoms. The number of hydrogen-bond donors (Lipinski definition) is 1. The standard InChI is InChI=1S/C25H39NO5/c1-3-31-25(29)11-6-4-5-7-16-26-22(13-15-24(26)28)12-14-23(27)18-20-9-8-10-21(17-20)19-30-2/h8-10,17,22-23,27H,3-7,11-16,18-19H2,1-2H3/t22-,23?/m0/s1. The van der Waals surface area contributed by atoms with Crippen LogP contribution in [0.4, 0.5) is 0 Å². The van der Waals surface area contributed by atoms with E-state index in [-0.39, 0.29) is 17.9 Å². The molecule has 0 aliphatic carbocycles. The number of carbonyl (C=O) groups is 2. The molecule has 0 spiro atoms. The molecule has 0 saturated carbocycles. The average molecular weight is 434 g/mol.